The van der Waals surface area contributed by atoms with Crippen LogP contribution in [0.5, 0.6) is 5.75 Å². The second-order valence-corrected chi connectivity index (χ2v) is 8.03. The molecule has 3 heterocycles. The van der Waals surface area contributed by atoms with Crippen LogP contribution in [-0.2, 0) is 17.8 Å². The first-order valence-corrected chi connectivity index (χ1v) is 11.1. The number of hydrogen-bond donors (Lipinski definition) is 1. The van der Waals surface area contributed by atoms with E-state index in [0.717, 1.165) is 73.5 Å². The Morgan fingerprint density at radius 2 is 2.16 bits per heavy atom. The van der Waals surface area contributed by atoms with Gasteiger partial charge >= 0.3 is 0 Å². The van der Waals surface area contributed by atoms with E-state index in [-0.39, 0.29) is 11.8 Å². The molecule has 2 aromatic heterocycles. The first kappa shape index (κ1) is 21.2. The van der Waals surface area contributed by atoms with Crippen molar-refractivity contribution in [2.24, 2.45) is 5.92 Å². The third-order valence-corrected chi connectivity index (χ3v) is 6.05. The summed E-state index contributed by atoms with van der Waals surface area (Å²) < 4.78 is 7.57. The molecule has 1 saturated heterocycles. The number of rotatable bonds is 8. The van der Waals surface area contributed by atoms with Crippen LogP contribution in [0.1, 0.15) is 32.0 Å². The fourth-order valence-electron chi connectivity index (χ4n) is 4.39. The van der Waals surface area contributed by atoms with Crippen LogP contribution >= 0.6 is 0 Å². The quantitative estimate of drug-likeness (QED) is 0.564. The van der Waals surface area contributed by atoms with Gasteiger partial charge in [-0.25, -0.2) is 4.98 Å². The van der Waals surface area contributed by atoms with Gasteiger partial charge in [0.25, 0.3) is 0 Å². The zero-order chi connectivity index (χ0) is 21.6. The normalized spacial score (nSPS) is 16.5. The predicted molar refractivity (Wildman–Crippen MR) is 122 cm³/mol. The van der Waals surface area contributed by atoms with Crippen LogP contribution in [0.15, 0.2) is 42.9 Å². The number of hydrogen-bond acceptors (Lipinski definition) is 5. The monoisotopic (exact) mass is 421 g/mol. The van der Waals surface area contributed by atoms with E-state index in [0.29, 0.717) is 6.54 Å². The number of piperidine rings is 1. The molecule has 3 aromatic rings. The molecule has 0 saturated carbocycles. The SMILES string of the molecule is CCc1nccn1CCCNC(=O)C1CCCN(c2ccnc3ccc(OC)cc23)C1. The van der Waals surface area contributed by atoms with Crippen LogP contribution in [-0.4, -0.2) is 47.2 Å². The first-order valence-electron chi connectivity index (χ1n) is 11.1. The number of nitrogens with zero attached hydrogens (tertiary/aromatic N) is 4. The third kappa shape index (κ3) is 4.81. The fourth-order valence-corrected chi connectivity index (χ4v) is 4.39. The van der Waals surface area contributed by atoms with E-state index in [1.165, 1.54) is 0 Å². The van der Waals surface area contributed by atoms with Crippen molar-refractivity contribution in [1.82, 2.24) is 19.9 Å². The number of imidazole rings is 1. The van der Waals surface area contributed by atoms with E-state index >= 15 is 0 Å². The van der Waals surface area contributed by atoms with Gasteiger partial charge in [-0.1, -0.05) is 6.92 Å². The maximum atomic E-state index is 12.8. The number of carbonyl (C=O) groups excluding carboxylic acids is 1. The van der Waals surface area contributed by atoms with Gasteiger partial charge in [-0.05, 0) is 43.5 Å². The van der Waals surface area contributed by atoms with Gasteiger partial charge in [0, 0.05) is 62.3 Å². The van der Waals surface area contributed by atoms with Gasteiger partial charge in [-0.2, -0.15) is 0 Å². The molecule has 1 atom stereocenters. The van der Waals surface area contributed by atoms with Gasteiger partial charge in [0.05, 0.1) is 18.5 Å². The Morgan fingerprint density at radius 1 is 1.26 bits per heavy atom. The van der Waals surface area contributed by atoms with E-state index in [4.69, 9.17) is 4.74 Å². The highest BCUT2D eigenvalue weighted by molar-refractivity contribution is 5.93. The summed E-state index contributed by atoms with van der Waals surface area (Å²) in [6.45, 7) is 5.35. The summed E-state index contributed by atoms with van der Waals surface area (Å²) >= 11 is 0. The highest BCUT2D eigenvalue weighted by Gasteiger charge is 2.26. The number of ether oxygens (including phenoxy) is 1. The van der Waals surface area contributed by atoms with Crippen molar-refractivity contribution in [3.05, 3.63) is 48.7 Å². The number of benzene rings is 1. The molecule has 1 aromatic carbocycles. The molecule has 31 heavy (non-hydrogen) atoms. The minimum absolute atomic E-state index is 0.00187. The van der Waals surface area contributed by atoms with Crippen molar-refractivity contribution < 1.29 is 9.53 Å². The maximum absolute atomic E-state index is 12.8. The lowest BCUT2D eigenvalue weighted by Gasteiger charge is -2.34. The van der Waals surface area contributed by atoms with Crippen LogP contribution < -0.4 is 15.0 Å². The Kier molecular flexibility index (Phi) is 6.70. The molecule has 1 amide bonds. The second-order valence-electron chi connectivity index (χ2n) is 8.03. The second kappa shape index (κ2) is 9.81. The van der Waals surface area contributed by atoms with E-state index in [2.05, 4.69) is 31.7 Å². The van der Waals surface area contributed by atoms with Crippen molar-refractivity contribution in [2.75, 3.05) is 31.6 Å². The van der Waals surface area contributed by atoms with Crippen molar-refractivity contribution >= 4 is 22.5 Å². The number of nitrogens with one attached hydrogen (secondary N) is 1. The minimum Gasteiger partial charge on any atom is -0.497 e. The number of methoxy groups -OCH3 is 1. The van der Waals surface area contributed by atoms with Crippen LogP contribution in [0.3, 0.4) is 0 Å². The van der Waals surface area contributed by atoms with Gasteiger partial charge in [0.1, 0.15) is 11.6 Å². The number of anilines is 1. The number of pyridine rings is 1. The molecular formula is C24H31N5O2. The molecule has 1 unspecified atom stereocenters. The highest BCUT2D eigenvalue weighted by Crippen LogP contribution is 2.31. The highest BCUT2D eigenvalue weighted by atomic mass is 16.5. The standard InChI is InChI=1S/C24H31N5O2/c1-3-23-26-12-15-28(23)14-5-10-27-24(30)18-6-4-13-29(17-18)22-9-11-25-21-8-7-19(31-2)16-20(21)22/h7-9,11-12,15-16,18H,3-6,10,13-14,17H2,1-2H3,(H,27,30). The van der Waals surface area contributed by atoms with Crippen molar-refractivity contribution in [2.45, 2.75) is 39.2 Å². The fraction of sp³-hybridized carbons (Fsp3) is 0.458. The predicted octanol–water partition coefficient (Wildman–Crippen LogP) is 3.43. The summed E-state index contributed by atoms with van der Waals surface area (Å²) in [5, 5.41) is 4.21. The zero-order valence-electron chi connectivity index (χ0n) is 18.4. The van der Waals surface area contributed by atoms with Gasteiger partial charge in [0.15, 0.2) is 0 Å². The van der Waals surface area contributed by atoms with E-state index in [9.17, 15) is 4.79 Å². The lowest BCUT2D eigenvalue weighted by atomic mass is 9.96. The van der Waals surface area contributed by atoms with Crippen LogP contribution in [0.4, 0.5) is 5.69 Å². The molecule has 4 rings (SSSR count). The molecule has 7 nitrogen and oxygen atoms in total. The number of aromatic nitrogens is 3. The minimum atomic E-state index is 0.00187. The maximum Gasteiger partial charge on any atom is 0.224 e. The first-order chi connectivity index (χ1) is 15.2. The van der Waals surface area contributed by atoms with Crippen molar-refractivity contribution in [3.63, 3.8) is 0 Å². The summed E-state index contributed by atoms with van der Waals surface area (Å²) in [6, 6.07) is 7.98. The molecule has 1 aliphatic heterocycles. The average Bonchev–Trinajstić information content (AvgIpc) is 3.28. The lowest BCUT2D eigenvalue weighted by molar-refractivity contribution is -0.125. The molecular weight excluding hydrogens is 390 g/mol. The van der Waals surface area contributed by atoms with Crippen LogP contribution in [0, 0.1) is 5.92 Å². The topological polar surface area (TPSA) is 72.3 Å². The molecule has 7 heteroatoms. The Hall–Kier alpha value is -3.09. The molecule has 164 valence electrons. The molecule has 0 aliphatic carbocycles. The number of carbonyl (C=O) groups is 1. The van der Waals surface area contributed by atoms with Crippen LogP contribution in [0.25, 0.3) is 10.9 Å². The lowest BCUT2D eigenvalue weighted by Crippen LogP contribution is -2.43. The summed E-state index contributed by atoms with van der Waals surface area (Å²) in [5.74, 6) is 2.07. The summed E-state index contributed by atoms with van der Waals surface area (Å²) in [4.78, 5) is 24.0. The van der Waals surface area contributed by atoms with Crippen LogP contribution in [0.2, 0.25) is 0 Å². The Morgan fingerprint density at radius 3 is 3.00 bits per heavy atom. The number of amides is 1. The van der Waals surface area contributed by atoms with Gasteiger partial charge in [-0.15, -0.1) is 0 Å². The molecule has 1 fully saturated rings. The van der Waals surface area contributed by atoms with Crippen molar-refractivity contribution in [3.8, 4) is 5.75 Å². The molecule has 1 N–H and O–H groups in total. The van der Waals surface area contributed by atoms with Gasteiger partial charge in [0.2, 0.25) is 5.91 Å². The molecule has 0 spiro atoms. The molecule has 0 bridgehead atoms. The molecule has 0 radical (unpaired) electrons. The smallest absolute Gasteiger partial charge is 0.224 e. The van der Waals surface area contributed by atoms with E-state index in [1.54, 1.807) is 7.11 Å². The van der Waals surface area contributed by atoms with Crippen molar-refractivity contribution in [1.29, 1.82) is 0 Å². The summed E-state index contributed by atoms with van der Waals surface area (Å²) in [5.41, 5.74) is 2.06. The Bertz CT molecular complexity index is 1030. The largest absolute Gasteiger partial charge is 0.497 e. The third-order valence-electron chi connectivity index (χ3n) is 6.05. The summed E-state index contributed by atoms with van der Waals surface area (Å²) in [7, 11) is 1.67. The average molecular weight is 422 g/mol. The summed E-state index contributed by atoms with van der Waals surface area (Å²) in [6.07, 6.45) is 9.44. The number of fused-ring (bicyclic) bond motifs is 1. The Balaban J connectivity index is 1.36. The van der Waals surface area contributed by atoms with Gasteiger partial charge < -0.3 is 19.5 Å². The number of aryl methyl sites for hydroxylation is 2. The Labute approximate surface area is 183 Å². The zero-order valence-corrected chi connectivity index (χ0v) is 18.4. The van der Waals surface area contributed by atoms with E-state index < -0.39 is 0 Å². The van der Waals surface area contributed by atoms with E-state index in [1.807, 2.05) is 42.9 Å². The molecule has 1 aliphatic rings. The van der Waals surface area contributed by atoms with Gasteiger partial charge in [-0.3, -0.25) is 9.78 Å².